The van der Waals surface area contributed by atoms with Crippen molar-refractivity contribution in [2.45, 2.75) is 62.8 Å². The molecule has 0 atom stereocenters. The van der Waals surface area contributed by atoms with Gasteiger partial charge < -0.3 is 5.73 Å². The predicted octanol–water partition coefficient (Wildman–Crippen LogP) is 4.21. The van der Waals surface area contributed by atoms with Crippen molar-refractivity contribution in [2.24, 2.45) is 5.73 Å². The van der Waals surface area contributed by atoms with Crippen LogP contribution in [0.4, 0.5) is 4.39 Å². The molecule has 0 aliphatic heterocycles. The minimum absolute atomic E-state index is 0.0314. The summed E-state index contributed by atoms with van der Waals surface area (Å²) in [6.45, 7) is 0. The highest BCUT2D eigenvalue weighted by Gasteiger charge is 2.35. The number of nitrogens with two attached hydrogens (primary N) is 1. The standard InChI is InChI=1S/C16H22FN/c17-15-11-13(16(18)9-4-10-16)7-8-14(15)12-5-2-1-3-6-12/h7-8,11-12H,1-6,9-10,18H2. The molecule has 2 fully saturated rings. The molecule has 0 amide bonds. The van der Waals surface area contributed by atoms with Gasteiger partial charge in [0.15, 0.2) is 0 Å². The van der Waals surface area contributed by atoms with Crippen molar-refractivity contribution < 1.29 is 4.39 Å². The first-order valence-electron chi connectivity index (χ1n) is 7.28. The van der Waals surface area contributed by atoms with E-state index in [2.05, 4.69) is 6.07 Å². The number of hydrogen-bond acceptors (Lipinski definition) is 1. The summed E-state index contributed by atoms with van der Waals surface area (Å²) >= 11 is 0. The number of rotatable bonds is 2. The van der Waals surface area contributed by atoms with Crippen LogP contribution >= 0.6 is 0 Å². The molecule has 0 unspecified atom stereocenters. The van der Waals surface area contributed by atoms with Crippen molar-refractivity contribution in [3.63, 3.8) is 0 Å². The summed E-state index contributed by atoms with van der Waals surface area (Å²) < 4.78 is 14.3. The Morgan fingerprint density at radius 1 is 1.06 bits per heavy atom. The molecule has 0 spiro atoms. The van der Waals surface area contributed by atoms with Crippen molar-refractivity contribution >= 4 is 0 Å². The Kier molecular flexibility index (Phi) is 3.14. The molecule has 98 valence electrons. The van der Waals surface area contributed by atoms with Gasteiger partial charge in [0.25, 0.3) is 0 Å². The molecule has 2 N–H and O–H groups in total. The van der Waals surface area contributed by atoms with Gasteiger partial charge in [0.05, 0.1) is 0 Å². The van der Waals surface area contributed by atoms with Gasteiger partial charge in [-0.25, -0.2) is 4.39 Å². The molecular weight excluding hydrogens is 225 g/mol. The van der Waals surface area contributed by atoms with Crippen molar-refractivity contribution in [1.82, 2.24) is 0 Å². The summed E-state index contributed by atoms with van der Waals surface area (Å²) in [7, 11) is 0. The van der Waals surface area contributed by atoms with Crippen LogP contribution in [0.25, 0.3) is 0 Å². The Hall–Kier alpha value is -0.890. The second-order valence-corrected chi connectivity index (χ2v) is 6.08. The van der Waals surface area contributed by atoms with E-state index in [0.717, 1.165) is 36.8 Å². The average Bonchev–Trinajstić information content (AvgIpc) is 2.37. The van der Waals surface area contributed by atoms with Gasteiger partial charge in [0, 0.05) is 5.54 Å². The Morgan fingerprint density at radius 3 is 2.33 bits per heavy atom. The SMILES string of the molecule is NC1(c2ccc(C3CCCCC3)c(F)c2)CCC1. The lowest BCUT2D eigenvalue weighted by atomic mass is 9.72. The van der Waals surface area contributed by atoms with E-state index in [-0.39, 0.29) is 11.4 Å². The van der Waals surface area contributed by atoms with Gasteiger partial charge in [-0.1, -0.05) is 31.4 Å². The molecule has 2 aliphatic rings. The lowest BCUT2D eigenvalue weighted by Gasteiger charge is -2.39. The van der Waals surface area contributed by atoms with E-state index < -0.39 is 0 Å². The average molecular weight is 247 g/mol. The Bertz CT molecular complexity index is 431. The first-order valence-corrected chi connectivity index (χ1v) is 7.28. The van der Waals surface area contributed by atoms with Crippen molar-refractivity contribution in [3.8, 4) is 0 Å². The van der Waals surface area contributed by atoms with Gasteiger partial charge in [-0.05, 0) is 55.2 Å². The molecule has 2 aliphatic carbocycles. The number of benzene rings is 1. The number of hydrogen-bond donors (Lipinski definition) is 1. The summed E-state index contributed by atoms with van der Waals surface area (Å²) in [6.07, 6.45) is 9.24. The topological polar surface area (TPSA) is 26.0 Å². The summed E-state index contributed by atoms with van der Waals surface area (Å²) in [4.78, 5) is 0. The lowest BCUT2D eigenvalue weighted by molar-refractivity contribution is 0.252. The summed E-state index contributed by atoms with van der Waals surface area (Å²) in [5.41, 5.74) is 7.92. The van der Waals surface area contributed by atoms with Crippen LogP contribution in [0.15, 0.2) is 18.2 Å². The molecule has 0 bridgehead atoms. The minimum Gasteiger partial charge on any atom is -0.321 e. The summed E-state index contributed by atoms with van der Waals surface area (Å²) in [6, 6.07) is 5.75. The molecule has 3 rings (SSSR count). The van der Waals surface area contributed by atoms with E-state index in [9.17, 15) is 4.39 Å². The van der Waals surface area contributed by atoms with Crippen LogP contribution in [-0.4, -0.2) is 0 Å². The van der Waals surface area contributed by atoms with E-state index in [1.54, 1.807) is 6.07 Å². The van der Waals surface area contributed by atoms with Gasteiger partial charge in [-0.15, -0.1) is 0 Å². The summed E-state index contributed by atoms with van der Waals surface area (Å²) in [5, 5.41) is 0. The molecule has 2 heteroatoms. The van der Waals surface area contributed by atoms with Crippen LogP contribution < -0.4 is 5.73 Å². The normalized spacial score (nSPS) is 23.7. The first kappa shape index (κ1) is 12.2. The zero-order valence-electron chi connectivity index (χ0n) is 10.9. The molecule has 1 nitrogen and oxygen atoms in total. The van der Waals surface area contributed by atoms with E-state index in [1.165, 1.54) is 25.7 Å². The predicted molar refractivity (Wildman–Crippen MR) is 71.9 cm³/mol. The molecule has 18 heavy (non-hydrogen) atoms. The van der Waals surface area contributed by atoms with E-state index in [1.807, 2.05) is 6.07 Å². The van der Waals surface area contributed by atoms with Gasteiger partial charge >= 0.3 is 0 Å². The Morgan fingerprint density at radius 2 is 1.78 bits per heavy atom. The Labute approximate surface area is 109 Å². The third-order valence-corrected chi connectivity index (χ3v) is 4.87. The minimum atomic E-state index is -0.244. The van der Waals surface area contributed by atoms with Crippen molar-refractivity contribution in [3.05, 3.63) is 35.1 Å². The fraction of sp³-hybridized carbons (Fsp3) is 0.625. The van der Waals surface area contributed by atoms with E-state index in [0.29, 0.717) is 5.92 Å². The third kappa shape index (κ3) is 2.07. The third-order valence-electron chi connectivity index (χ3n) is 4.87. The molecule has 1 aromatic rings. The molecule has 0 heterocycles. The largest absolute Gasteiger partial charge is 0.321 e. The fourth-order valence-corrected chi connectivity index (χ4v) is 3.43. The van der Waals surface area contributed by atoms with Gasteiger partial charge in [-0.3, -0.25) is 0 Å². The van der Waals surface area contributed by atoms with E-state index in [4.69, 9.17) is 5.73 Å². The van der Waals surface area contributed by atoms with E-state index >= 15 is 0 Å². The van der Waals surface area contributed by atoms with Gasteiger partial charge in [0.2, 0.25) is 0 Å². The lowest BCUT2D eigenvalue weighted by Crippen LogP contribution is -2.43. The van der Waals surface area contributed by atoms with Crippen LogP contribution in [-0.2, 0) is 5.54 Å². The molecule has 1 aromatic carbocycles. The van der Waals surface area contributed by atoms with Crippen LogP contribution in [0.1, 0.15) is 68.4 Å². The number of halogens is 1. The smallest absolute Gasteiger partial charge is 0.127 e. The molecule has 0 aromatic heterocycles. The van der Waals surface area contributed by atoms with Crippen molar-refractivity contribution in [2.75, 3.05) is 0 Å². The highest BCUT2D eigenvalue weighted by Crippen LogP contribution is 2.40. The summed E-state index contributed by atoms with van der Waals surface area (Å²) in [5.74, 6) is 0.402. The second kappa shape index (κ2) is 4.65. The zero-order valence-corrected chi connectivity index (χ0v) is 10.9. The zero-order chi connectivity index (χ0) is 12.6. The molecular formula is C16H22FN. The molecule has 0 saturated heterocycles. The van der Waals surface area contributed by atoms with Crippen LogP contribution in [0.5, 0.6) is 0 Å². The maximum Gasteiger partial charge on any atom is 0.127 e. The highest BCUT2D eigenvalue weighted by molar-refractivity contribution is 5.33. The second-order valence-electron chi connectivity index (χ2n) is 6.08. The first-order chi connectivity index (χ1) is 8.69. The maximum absolute atomic E-state index is 14.3. The fourth-order valence-electron chi connectivity index (χ4n) is 3.43. The maximum atomic E-state index is 14.3. The monoisotopic (exact) mass is 247 g/mol. The van der Waals surface area contributed by atoms with Gasteiger partial charge in [0.1, 0.15) is 5.82 Å². The van der Waals surface area contributed by atoms with Gasteiger partial charge in [-0.2, -0.15) is 0 Å². The molecule has 2 saturated carbocycles. The van der Waals surface area contributed by atoms with Crippen LogP contribution in [0.3, 0.4) is 0 Å². The highest BCUT2D eigenvalue weighted by atomic mass is 19.1. The van der Waals surface area contributed by atoms with Crippen molar-refractivity contribution in [1.29, 1.82) is 0 Å². The molecule has 0 radical (unpaired) electrons. The van der Waals surface area contributed by atoms with Crippen LogP contribution in [0.2, 0.25) is 0 Å². The van der Waals surface area contributed by atoms with Crippen LogP contribution in [0, 0.1) is 5.82 Å². The Balaban J connectivity index is 1.84. The quantitative estimate of drug-likeness (QED) is 0.832.